The third-order valence-corrected chi connectivity index (χ3v) is 4.72. The molecule has 1 amide bonds. The number of benzene rings is 2. The van der Waals surface area contributed by atoms with Crippen LogP contribution in [0.5, 0.6) is 5.75 Å². The van der Waals surface area contributed by atoms with Gasteiger partial charge in [0.1, 0.15) is 23.5 Å². The SMILES string of the molecule is Cc1ccc(NC(=O)c2cc3ccccc3oc2=O)c(OC[C@H]2CCCO2)c1. The van der Waals surface area contributed by atoms with Crippen LogP contribution >= 0.6 is 0 Å². The van der Waals surface area contributed by atoms with Crippen molar-refractivity contribution in [2.45, 2.75) is 25.9 Å². The van der Waals surface area contributed by atoms with E-state index < -0.39 is 11.5 Å². The summed E-state index contributed by atoms with van der Waals surface area (Å²) in [6.07, 6.45) is 2.06. The Hall–Kier alpha value is -3.12. The molecular weight excluding hydrogens is 358 g/mol. The number of amides is 1. The Kier molecular flexibility index (Phi) is 5.12. The molecular formula is C22H21NO5. The van der Waals surface area contributed by atoms with E-state index in [0.29, 0.717) is 29.0 Å². The Bertz CT molecular complexity index is 1070. The Labute approximate surface area is 162 Å². The molecule has 0 unspecified atom stereocenters. The number of anilines is 1. The van der Waals surface area contributed by atoms with Crippen molar-refractivity contribution in [3.63, 3.8) is 0 Å². The molecule has 3 aromatic rings. The van der Waals surface area contributed by atoms with E-state index >= 15 is 0 Å². The maximum atomic E-state index is 12.7. The Balaban J connectivity index is 1.57. The predicted molar refractivity (Wildman–Crippen MR) is 106 cm³/mol. The van der Waals surface area contributed by atoms with E-state index in [0.717, 1.165) is 25.0 Å². The van der Waals surface area contributed by atoms with Crippen molar-refractivity contribution in [2.75, 3.05) is 18.5 Å². The van der Waals surface area contributed by atoms with Gasteiger partial charge < -0.3 is 19.2 Å². The highest BCUT2D eigenvalue weighted by Gasteiger charge is 2.19. The van der Waals surface area contributed by atoms with Crippen LogP contribution in [-0.2, 0) is 4.74 Å². The Morgan fingerprint density at radius 2 is 2.07 bits per heavy atom. The van der Waals surface area contributed by atoms with Gasteiger partial charge in [0.25, 0.3) is 5.91 Å². The van der Waals surface area contributed by atoms with Gasteiger partial charge >= 0.3 is 5.63 Å². The maximum Gasteiger partial charge on any atom is 0.349 e. The molecule has 1 aliphatic rings. The zero-order valence-electron chi connectivity index (χ0n) is 15.6. The topological polar surface area (TPSA) is 77.8 Å². The highest BCUT2D eigenvalue weighted by atomic mass is 16.5. The summed E-state index contributed by atoms with van der Waals surface area (Å²) >= 11 is 0. The van der Waals surface area contributed by atoms with Crippen LogP contribution in [0.15, 0.2) is 57.7 Å². The second-order valence-electron chi connectivity index (χ2n) is 6.89. The van der Waals surface area contributed by atoms with E-state index in [9.17, 15) is 9.59 Å². The number of hydrogen-bond acceptors (Lipinski definition) is 5. The smallest absolute Gasteiger partial charge is 0.349 e. The van der Waals surface area contributed by atoms with Crippen LogP contribution in [0.4, 0.5) is 5.69 Å². The summed E-state index contributed by atoms with van der Waals surface area (Å²) in [4.78, 5) is 25.0. The van der Waals surface area contributed by atoms with Gasteiger partial charge in [-0.1, -0.05) is 24.3 Å². The van der Waals surface area contributed by atoms with Crippen molar-refractivity contribution in [3.05, 3.63) is 70.1 Å². The first-order chi connectivity index (χ1) is 13.6. The van der Waals surface area contributed by atoms with Crippen LogP contribution in [-0.4, -0.2) is 25.2 Å². The largest absolute Gasteiger partial charge is 0.489 e. The molecule has 2 aromatic carbocycles. The molecule has 2 heterocycles. The number of carbonyl (C=O) groups is 1. The zero-order valence-corrected chi connectivity index (χ0v) is 15.6. The fourth-order valence-corrected chi connectivity index (χ4v) is 3.22. The minimum Gasteiger partial charge on any atom is -0.489 e. The number of hydrogen-bond donors (Lipinski definition) is 1. The minimum atomic E-state index is -0.676. The van der Waals surface area contributed by atoms with Gasteiger partial charge in [0, 0.05) is 12.0 Å². The molecule has 1 atom stereocenters. The molecule has 1 fully saturated rings. The summed E-state index contributed by atoms with van der Waals surface area (Å²) in [6.45, 7) is 3.12. The molecule has 0 radical (unpaired) electrons. The lowest BCUT2D eigenvalue weighted by molar-refractivity contribution is 0.0681. The molecule has 0 saturated carbocycles. The first-order valence-corrected chi connectivity index (χ1v) is 9.29. The lowest BCUT2D eigenvalue weighted by atomic mass is 10.1. The molecule has 1 N–H and O–H groups in total. The Morgan fingerprint density at radius 1 is 1.21 bits per heavy atom. The molecule has 1 aliphatic heterocycles. The van der Waals surface area contributed by atoms with Crippen molar-refractivity contribution in [2.24, 2.45) is 0 Å². The molecule has 4 rings (SSSR count). The number of aryl methyl sites for hydroxylation is 1. The van der Waals surface area contributed by atoms with Crippen LogP contribution in [0, 0.1) is 6.92 Å². The van der Waals surface area contributed by atoms with E-state index in [1.165, 1.54) is 6.07 Å². The van der Waals surface area contributed by atoms with Crippen LogP contribution in [0.25, 0.3) is 11.0 Å². The van der Waals surface area contributed by atoms with Gasteiger partial charge in [0.15, 0.2) is 0 Å². The van der Waals surface area contributed by atoms with Crippen LogP contribution < -0.4 is 15.7 Å². The number of fused-ring (bicyclic) bond motifs is 1. The van der Waals surface area contributed by atoms with Crippen molar-refractivity contribution in [1.82, 2.24) is 0 Å². The standard InChI is InChI=1S/C22H21NO5/c1-14-8-9-18(20(11-14)27-13-16-6-4-10-26-16)23-21(24)17-12-15-5-2-3-7-19(15)28-22(17)25/h2-3,5,7-9,11-12,16H,4,6,10,13H2,1H3,(H,23,24)/t16-/m1/s1. The predicted octanol–water partition coefficient (Wildman–Crippen LogP) is 3.91. The highest BCUT2D eigenvalue weighted by molar-refractivity contribution is 6.06. The molecule has 6 heteroatoms. The van der Waals surface area contributed by atoms with Crippen LogP contribution in [0.1, 0.15) is 28.8 Å². The number of carbonyl (C=O) groups excluding carboxylic acids is 1. The summed E-state index contributed by atoms with van der Waals surface area (Å²) in [5, 5.41) is 3.46. The Morgan fingerprint density at radius 3 is 2.89 bits per heavy atom. The molecule has 1 aromatic heterocycles. The second-order valence-corrected chi connectivity index (χ2v) is 6.89. The molecule has 0 spiro atoms. The van der Waals surface area contributed by atoms with Gasteiger partial charge in [-0.05, 0) is 49.6 Å². The normalized spacial score (nSPS) is 16.2. The lowest BCUT2D eigenvalue weighted by Gasteiger charge is -2.16. The van der Waals surface area contributed by atoms with Gasteiger partial charge in [-0.25, -0.2) is 4.79 Å². The van der Waals surface area contributed by atoms with E-state index in [2.05, 4.69) is 5.32 Å². The summed E-state index contributed by atoms with van der Waals surface area (Å²) < 4.78 is 16.7. The van der Waals surface area contributed by atoms with E-state index in [1.807, 2.05) is 25.1 Å². The number of rotatable bonds is 5. The van der Waals surface area contributed by atoms with Crippen molar-refractivity contribution < 1.29 is 18.7 Å². The molecule has 28 heavy (non-hydrogen) atoms. The second kappa shape index (κ2) is 7.86. The van der Waals surface area contributed by atoms with E-state index in [-0.39, 0.29) is 11.7 Å². The summed E-state index contributed by atoms with van der Waals surface area (Å²) in [5.74, 6) is 0.0133. The third-order valence-electron chi connectivity index (χ3n) is 4.72. The van der Waals surface area contributed by atoms with Gasteiger partial charge in [-0.3, -0.25) is 4.79 Å². The van der Waals surface area contributed by atoms with Gasteiger partial charge in [0.2, 0.25) is 0 Å². The van der Waals surface area contributed by atoms with Crippen LogP contribution in [0.2, 0.25) is 0 Å². The van der Waals surface area contributed by atoms with Crippen molar-refractivity contribution in [3.8, 4) is 5.75 Å². The monoisotopic (exact) mass is 379 g/mol. The quantitative estimate of drug-likeness (QED) is 0.680. The fourth-order valence-electron chi connectivity index (χ4n) is 3.22. The van der Waals surface area contributed by atoms with Crippen LogP contribution in [0.3, 0.4) is 0 Å². The first-order valence-electron chi connectivity index (χ1n) is 9.29. The molecule has 144 valence electrons. The summed E-state index contributed by atoms with van der Waals surface area (Å²) in [5.41, 5.74) is 1.22. The summed E-state index contributed by atoms with van der Waals surface area (Å²) in [6, 6.07) is 14.1. The fraction of sp³-hybridized carbons (Fsp3) is 0.273. The lowest BCUT2D eigenvalue weighted by Crippen LogP contribution is -2.22. The maximum absolute atomic E-state index is 12.7. The highest BCUT2D eigenvalue weighted by Crippen LogP contribution is 2.27. The average Bonchev–Trinajstić information content (AvgIpc) is 3.21. The molecule has 1 saturated heterocycles. The van der Waals surface area contributed by atoms with E-state index in [1.54, 1.807) is 24.3 Å². The van der Waals surface area contributed by atoms with Crippen molar-refractivity contribution in [1.29, 1.82) is 0 Å². The number of nitrogens with one attached hydrogen (secondary N) is 1. The van der Waals surface area contributed by atoms with Crippen molar-refractivity contribution >= 4 is 22.6 Å². The third kappa shape index (κ3) is 3.92. The van der Waals surface area contributed by atoms with Gasteiger partial charge in [-0.15, -0.1) is 0 Å². The summed E-state index contributed by atoms with van der Waals surface area (Å²) in [7, 11) is 0. The first kappa shape index (κ1) is 18.3. The molecule has 0 aliphatic carbocycles. The number of ether oxygens (including phenoxy) is 2. The van der Waals surface area contributed by atoms with Gasteiger partial charge in [0.05, 0.1) is 11.8 Å². The zero-order chi connectivity index (χ0) is 19.5. The van der Waals surface area contributed by atoms with E-state index in [4.69, 9.17) is 13.9 Å². The molecule has 0 bridgehead atoms. The molecule has 6 nitrogen and oxygen atoms in total. The minimum absolute atomic E-state index is 0.0515. The average molecular weight is 379 g/mol. The van der Waals surface area contributed by atoms with Gasteiger partial charge in [-0.2, -0.15) is 0 Å². The number of para-hydroxylation sites is 1.